The highest BCUT2D eigenvalue weighted by Gasteiger charge is 2.53. The van der Waals surface area contributed by atoms with Crippen molar-refractivity contribution < 1.29 is 22.6 Å². The molecule has 8 heteroatoms. The highest BCUT2D eigenvalue weighted by Crippen LogP contribution is 2.61. The Bertz CT molecular complexity index is 973. The Labute approximate surface area is 172 Å². The van der Waals surface area contributed by atoms with E-state index in [2.05, 4.69) is 17.7 Å². The molecule has 1 aromatic rings. The molecule has 3 aliphatic rings. The number of likely N-dealkylation sites (N-methyl/N-ethyl adjacent to an activating group) is 1. The number of amides is 1. The van der Waals surface area contributed by atoms with Gasteiger partial charge < -0.3 is 0 Å². The van der Waals surface area contributed by atoms with Crippen LogP contribution in [0, 0.1) is 17.3 Å². The van der Waals surface area contributed by atoms with E-state index in [-0.39, 0.29) is 11.3 Å². The monoisotopic (exact) mass is 420 g/mol. The van der Waals surface area contributed by atoms with Crippen LogP contribution in [0.25, 0.3) is 0 Å². The lowest BCUT2D eigenvalue weighted by Gasteiger charge is -2.50. The number of allylic oxidation sites excluding steroid dienone is 1. The predicted octanol–water partition coefficient (Wildman–Crippen LogP) is 3.31. The van der Waals surface area contributed by atoms with Crippen LogP contribution in [0.5, 0.6) is 0 Å². The molecular formula is C21H28N2O5S. The van der Waals surface area contributed by atoms with Crippen molar-refractivity contribution >= 4 is 21.9 Å². The van der Waals surface area contributed by atoms with E-state index in [1.807, 2.05) is 12.1 Å². The lowest BCUT2D eigenvalue weighted by Crippen LogP contribution is -2.44. The molecule has 0 saturated heterocycles. The third-order valence-electron chi connectivity index (χ3n) is 7.34. The zero-order valence-electron chi connectivity index (χ0n) is 17.0. The van der Waals surface area contributed by atoms with E-state index in [9.17, 15) is 13.2 Å². The SMILES string of the molecule is CON(C)C(=O)C1=CCC2C3CCc4cc(NS(=O)(=O)O)ccc4C3CC[C@]12C. The lowest BCUT2D eigenvalue weighted by molar-refractivity contribution is -0.165. The van der Waals surface area contributed by atoms with Crippen LogP contribution < -0.4 is 4.72 Å². The molecule has 0 aliphatic heterocycles. The van der Waals surface area contributed by atoms with Crippen LogP contribution in [0.1, 0.15) is 49.7 Å². The van der Waals surface area contributed by atoms with E-state index in [0.717, 1.165) is 43.2 Å². The van der Waals surface area contributed by atoms with Crippen molar-refractivity contribution in [2.75, 3.05) is 18.9 Å². The fourth-order valence-corrected chi connectivity index (χ4v) is 6.37. The summed E-state index contributed by atoms with van der Waals surface area (Å²) < 4.78 is 33.4. The quantitative estimate of drug-likeness (QED) is 0.575. The minimum atomic E-state index is -4.27. The molecular weight excluding hydrogens is 392 g/mol. The molecule has 1 fully saturated rings. The second-order valence-corrected chi connectivity index (χ2v) is 9.86. The number of carbonyl (C=O) groups is 1. The molecule has 2 N–H and O–H groups in total. The van der Waals surface area contributed by atoms with Crippen LogP contribution in [0.2, 0.25) is 0 Å². The number of nitrogens with one attached hydrogen (secondary N) is 1. The molecule has 29 heavy (non-hydrogen) atoms. The highest BCUT2D eigenvalue weighted by atomic mass is 32.2. The van der Waals surface area contributed by atoms with Crippen LogP contribution >= 0.6 is 0 Å². The zero-order chi connectivity index (χ0) is 21.0. The molecule has 3 aliphatic carbocycles. The summed E-state index contributed by atoms with van der Waals surface area (Å²) in [6.07, 6.45) is 6.84. The summed E-state index contributed by atoms with van der Waals surface area (Å²) in [6.45, 7) is 2.22. The first-order valence-electron chi connectivity index (χ1n) is 10.0. The molecule has 0 spiro atoms. The van der Waals surface area contributed by atoms with Gasteiger partial charge in [-0.25, -0.2) is 5.06 Å². The third-order valence-corrected chi connectivity index (χ3v) is 7.84. The number of fused-ring (bicyclic) bond motifs is 5. The third kappa shape index (κ3) is 3.47. The molecule has 4 rings (SSSR count). The lowest BCUT2D eigenvalue weighted by atomic mass is 9.54. The van der Waals surface area contributed by atoms with E-state index in [0.29, 0.717) is 23.4 Å². The van der Waals surface area contributed by atoms with Gasteiger partial charge in [0.25, 0.3) is 5.91 Å². The van der Waals surface area contributed by atoms with Crippen molar-refractivity contribution in [3.05, 3.63) is 41.0 Å². The molecule has 1 saturated carbocycles. The van der Waals surface area contributed by atoms with Gasteiger partial charge in [0.1, 0.15) is 0 Å². The molecule has 7 nitrogen and oxygen atoms in total. The fourth-order valence-electron chi connectivity index (χ4n) is 5.95. The summed E-state index contributed by atoms with van der Waals surface area (Å²) in [5.41, 5.74) is 3.56. The Morgan fingerprint density at radius 1 is 1.34 bits per heavy atom. The van der Waals surface area contributed by atoms with Gasteiger partial charge in [0.15, 0.2) is 0 Å². The summed E-state index contributed by atoms with van der Waals surface area (Å²) in [4.78, 5) is 17.9. The van der Waals surface area contributed by atoms with Crippen molar-refractivity contribution in [2.45, 2.75) is 44.9 Å². The zero-order valence-corrected chi connectivity index (χ0v) is 17.8. The standard InChI is InChI=1S/C21H28N2O5S/c1-21-11-10-16-15-7-5-14(22-29(25,26)27)12-13(15)4-6-17(16)18(21)8-9-19(21)20(24)23(2)28-3/h5,7,9,12,16-18,22H,4,6,8,10-11H2,1-3H3,(H,25,26,27)/t16?,17?,18?,21-/m0/s1. The normalized spacial score (nSPS) is 30.6. The first-order valence-corrected chi connectivity index (χ1v) is 11.5. The van der Waals surface area contributed by atoms with Gasteiger partial charge in [0, 0.05) is 18.0 Å². The van der Waals surface area contributed by atoms with E-state index >= 15 is 0 Å². The number of hydroxylamine groups is 2. The Balaban J connectivity index is 1.59. The van der Waals surface area contributed by atoms with Crippen LogP contribution in [-0.4, -0.2) is 38.1 Å². The van der Waals surface area contributed by atoms with E-state index in [1.54, 1.807) is 13.1 Å². The van der Waals surface area contributed by atoms with Gasteiger partial charge in [-0.15, -0.1) is 0 Å². The van der Waals surface area contributed by atoms with Gasteiger partial charge in [0.2, 0.25) is 0 Å². The number of hydrogen-bond acceptors (Lipinski definition) is 4. The summed E-state index contributed by atoms with van der Waals surface area (Å²) in [5.74, 6) is 1.29. The molecule has 0 heterocycles. The van der Waals surface area contributed by atoms with E-state index < -0.39 is 10.3 Å². The van der Waals surface area contributed by atoms with Crippen molar-refractivity contribution in [3.63, 3.8) is 0 Å². The maximum atomic E-state index is 12.8. The van der Waals surface area contributed by atoms with Crippen molar-refractivity contribution in [3.8, 4) is 0 Å². The van der Waals surface area contributed by atoms with Gasteiger partial charge in [-0.3, -0.25) is 18.9 Å². The number of carbonyl (C=O) groups excluding carboxylic acids is 1. The van der Waals surface area contributed by atoms with E-state index in [4.69, 9.17) is 9.39 Å². The van der Waals surface area contributed by atoms with Gasteiger partial charge >= 0.3 is 10.3 Å². The minimum Gasteiger partial charge on any atom is -0.274 e. The molecule has 158 valence electrons. The van der Waals surface area contributed by atoms with Gasteiger partial charge in [-0.05, 0) is 73.1 Å². The number of benzene rings is 1. The summed E-state index contributed by atoms with van der Waals surface area (Å²) in [6, 6.07) is 5.55. The molecule has 1 amide bonds. The van der Waals surface area contributed by atoms with Crippen molar-refractivity contribution in [1.29, 1.82) is 0 Å². The maximum Gasteiger partial charge on any atom is 0.357 e. The smallest absolute Gasteiger partial charge is 0.274 e. The summed E-state index contributed by atoms with van der Waals surface area (Å²) >= 11 is 0. The van der Waals surface area contributed by atoms with Crippen molar-refractivity contribution in [1.82, 2.24) is 5.06 Å². The average molecular weight is 421 g/mol. The topological polar surface area (TPSA) is 95.9 Å². The van der Waals surface area contributed by atoms with E-state index in [1.165, 1.54) is 17.7 Å². The molecule has 4 atom stereocenters. The van der Waals surface area contributed by atoms with Crippen LogP contribution in [-0.2, 0) is 26.4 Å². The molecule has 1 aromatic carbocycles. The molecule has 0 aromatic heterocycles. The summed E-state index contributed by atoms with van der Waals surface area (Å²) in [5, 5.41) is 1.31. The first kappa shape index (κ1) is 20.4. The number of nitrogens with zero attached hydrogens (tertiary/aromatic N) is 1. The molecule has 0 bridgehead atoms. The van der Waals surface area contributed by atoms with Crippen molar-refractivity contribution in [2.24, 2.45) is 17.3 Å². The Morgan fingerprint density at radius 3 is 2.79 bits per heavy atom. The number of hydrogen-bond donors (Lipinski definition) is 2. The van der Waals surface area contributed by atoms with Gasteiger partial charge in [-0.2, -0.15) is 8.42 Å². The average Bonchev–Trinajstić information content (AvgIpc) is 3.02. The second kappa shape index (κ2) is 7.11. The number of aryl methyl sites for hydroxylation is 1. The fraction of sp³-hybridized carbons (Fsp3) is 0.571. The molecule has 0 radical (unpaired) electrons. The largest absolute Gasteiger partial charge is 0.357 e. The Morgan fingerprint density at radius 2 is 2.10 bits per heavy atom. The summed E-state index contributed by atoms with van der Waals surface area (Å²) in [7, 11) is -1.11. The highest BCUT2D eigenvalue weighted by molar-refractivity contribution is 7.87. The molecule has 3 unspecified atom stereocenters. The van der Waals surface area contributed by atoms with Crippen LogP contribution in [0.15, 0.2) is 29.8 Å². The number of anilines is 1. The van der Waals surface area contributed by atoms with Crippen LogP contribution in [0.4, 0.5) is 5.69 Å². The van der Waals surface area contributed by atoms with Gasteiger partial charge in [-0.1, -0.05) is 19.1 Å². The maximum absolute atomic E-state index is 12.8. The first-order chi connectivity index (χ1) is 13.6. The predicted molar refractivity (Wildman–Crippen MR) is 109 cm³/mol. The minimum absolute atomic E-state index is 0.0481. The van der Waals surface area contributed by atoms with Crippen LogP contribution in [0.3, 0.4) is 0 Å². The number of rotatable bonds is 4. The van der Waals surface area contributed by atoms with Gasteiger partial charge in [0.05, 0.1) is 12.8 Å². The Hall–Kier alpha value is -1.90. The Kier molecular flexibility index (Phi) is 4.99. The second-order valence-electron chi connectivity index (χ2n) is 8.70.